The summed E-state index contributed by atoms with van der Waals surface area (Å²) in [6.45, 7) is 0. The fourth-order valence-corrected chi connectivity index (χ4v) is 5.02. The number of amides is 4. The van der Waals surface area contributed by atoms with Crippen molar-refractivity contribution in [2.24, 2.45) is 5.10 Å². The SMILES string of the molecule is O=C(CSc1ccc(NC(=O)/C(=C/c2ccccc2[N+](=O)[O-])NC(=O)c2ccccc2)cc1)NC1=NN(c2ccccc2)C(=O)C1. The lowest BCUT2D eigenvalue weighted by Crippen LogP contribution is -2.31. The van der Waals surface area contributed by atoms with Gasteiger partial charge in [0, 0.05) is 22.2 Å². The van der Waals surface area contributed by atoms with Crippen LogP contribution >= 0.6 is 11.8 Å². The molecule has 0 atom stereocenters. The number of nitro benzene ring substituents is 1. The van der Waals surface area contributed by atoms with Gasteiger partial charge in [-0.15, -0.1) is 11.8 Å². The highest BCUT2D eigenvalue weighted by Gasteiger charge is 2.26. The summed E-state index contributed by atoms with van der Waals surface area (Å²) in [6.07, 6.45) is 1.23. The molecule has 0 saturated carbocycles. The summed E-state index contributed by atoms with van der Waals surface area (Å²) < 4.78 is 0. The molecule has 46 heavy (non-hydrogen) atoms. The molecule has 1 aliphatic heterocycles. The number of nitrogens with one attached hydrogen (secondary N) is 3. The van der Waals surface area contributed by atoms with Crippen molar-refractivity contribution in [3.05, 3.63) is 136 Å². The van der Waals surface area contributed by atoms with Crippen molar-refractivity contribution in [1.82, 2.24) is 10.6 Å². The summed E-state index contributed by atoms with van der Waals surface area (Å²) in [4.78, 5) is 62.7. The van der Waals surface area contributed by atoms with Crippen LogP contribution < -0.4 is 21.0 Å². The van der Waals surface area contributed by atoms with Gasteiger partial charge in [-0.25, -0.2) is 0 Å². The van der Waals surface area contributed by atoms with E-state index in [9.17, 15) is 29.3 Å². The number of hydrazone groups is 1. The highest BCUT2D eigenvalue weighted by molar-refractivity contribution is 8.00. The Morgan fingerprint density at radius 3 is 2.22 bits per heavy atom. The maximum absolute atomic E-state index is 13.3. The number of hydrogen-bond donors (Lipinski definition) is 3. The third kappa shape index (κ3) is 8.09. The monoisotopic (exact) mass is 634 g/mol. The minimum atomic E-state index is -0.696. The van der Waals surface area contributed by atoms with Crippen molar-refractivity contribution < 1.29 is 24.1 Å². The van der Waals surface area contributed by atoms with Crippen LogP contribution in [0.4, 0.5) is 17.1 Å². The van der Waals surface area contributed by atoms with Gasteiger partial charge in [0.25, 0.3) is 23.4 Å². The summed E-state index contributed by atoms with van der Waals surface area (Å²) in [5.41, 5.74) is 1.01. The molecule has 0 aromatic heterocycles. The minimum Gasteiger partial charge on any atom is -0.321 e. The van der Waals surface area contributed by atoms with Crippen molar-refractivity contribution in [3.8, 4) is 0 Å². The molecule has 4 amide bonds. The largest absolute Gasteiger partial charge is 0.321 e. The first-order chi connectivity index (χ1) is 22.3. The van der Waals surface area contributed by atoms with Gasteiger partial charge in [-0.3, -0.25) is 29.3 Å². The lowest BCUT2D eigenvalue weighted by molar-refractivity contribution is -0.385. The third-order valence-electron chi connectivity index (χ3n) is 6.50. The molecule has 12 nitrogen and oxygen atoms in total. The van der Waals surface area contributed by atoms with Crippen LogP contribution in [0.15, 0.2) is 125 Å². The van der Waals surface area contributed by atoms with Gasteiger partial charge in [0.05, 0.1) is 28.3 Å². The predicted molar refractivity (Wildman–Crippen MR) is 175 cm³/mol. The van der Waals surface area contributed by atoms with Gasteiger partial charge in [-0.2, -0.15) is 10.1 Å². The van der Waals surface area contributed by atoms with Crippen molar-refractivity contribution in [2.75, 3.05) is 16.1 Å². The first-order valence-electron chi connectivity index (χ1n) is 13.9. The molecule has 5 rings (SSSR count). The number of anilines is 2. The molecule has 0 fully saturated rings. The Labute approximate surface area is 267 Å². The van der Waals surface area contributed by atoms with Crippen molar-refractivity contribution in [1.29, 1.82) is 0 Å². The van der Waals surface area contributed by atoms with Crippen molar-refractivity contribution in [2.45, 2.75) is 11.3 Å². The van der Waals surface area contributed by atoms with Gasteiger partial charge >= 0.3 is 0 Å². The predicted octanol–water partition coefficient (Wildman–Crippen LogP) is 4.96. The van der Waals surface area contributed by atoms with Crippen LogP contribution in [0.5, 0.6) is 0 Å². The normalized spacial score (nSPS) is 12.7. The summed E-state index contributed by atoms with van der Waals surface area (Å²) >= 11 is 1.25. The zero-order valence-corrected chi connectivity index (χ0v) is 24.9. The lowest BCUT2D eigenvalue weighted by atomic mass is 10.1. The van der Waals surface area contributed by atoms with Crippen molar-refractivity contribution >= 4 is 64.4 Å². The smallest absolute Gasteiger partial charge is 0.276 e. The summed E-state index contributed by atoms with van der Waals surface area (Å²) in [5.74, 6) is -1.51. The van der Waals surface area contributed by atoms with E-state index in [0.717, 1.165) is 4.90 Å². The van der Waals surface area contributed by atoms with E-state index in [1.165, 1.54) is 41.0 Å². The number of carbonyl (C=O) groups excluding carboxylic acids is 4. The lowest BCUT2D eigenvalue weighted by Gasteiger charge is -2.12. The Balaban J connectivity index is 1.22. The van der Waals surface area contributed by atoms with Gasteiger partial charge in [-0.05, 0) is 60.7 Å². The van der Waals surface area contributed by atoms with Gasteiger partial charge in [-0.1, -0.05) is 48.5 Å². The van der Waals surface area contributed by atoms with E-state index in [2.05, 4.69) is 21.1 Å². The van der Waals surface area contributed by atoms with Crippen molar-refractivity contribution in [3.63, 3.8) is 0 Å². The van der Waals surface area contributed by atoms with Gasteiger partial charge < -0.3 is 16.0 Å². The number of carbonyl (C=O) groups is 4. The van der Waals surface area contributed by atoms with Crippen LogP contribution in [0.3, 0.4) is 0 Å². The molecule has 4 aromatic carbocycles. The van der Waals surface area contributed by atoms with Gasteiger partial charge in [0.15, 0.2) is 0 Å². The highest BCUT2D eigenvalue weighted by atomic mass is 32.2. The maximum Gasteiger partial charge on any atom is 0.276 e. The quantitative estimate of drug-likeness (QED) is 0.0961. The molecule has 4 aromatic rings. The molecule has 1 heterocycles. The van der Waals surface area contributed by atoms with Crippen LogP contribution in [0.25, 0.3) is 6.08 Å². The molecular weight excluding hydrogens is 608 g/mol. The Morgan fingerprint density at radius 2 is 1.52 bits per heavy atom. The minimum absolute atomic E-state index is 0.0143. The number of benzene rings is 4. The number of nitro groups is 1. The third-order valence-corrected chi connectivity index (χ3v) is 7.52. The Kier molecular flexibility index (Phi) is 9.95. The van der Waals surface area contributed by atoms with Gasteiger partial charge in [0.1, 0.15) is 11.5 Å². The van der Waals surface area contributed by atoms with Crippen LogP contribution in [-0.4, -0.2) is 40.1 Å². The van der Waals surface area contributed by atoms with Crippen LogP contribution in [0.2, 0.25) is 0 Å². The molecule has 0 unspecified atom stereocenters. The molecule has 13 heteroatoms. The van der Waals surface area contributed by atoms with Crippen LogP contribution in [-0.2, 0) is 14.4 Å². The Hall–Kier alpha value is -6.08. The number of rotatable bonds is 10. The summed E-state index contributed by atoms with van der Waals surface area (Å²) in [7, 11) is 0. The van der Waals surface area contributed by atoms with Gasteiger partial charge in [0.2, 0.25) is 5.91 Å². The van der Waals surface area contributed by atoms with E-state index < -0.39 is 16.7 Å². The second-order valence-electron chi connectivity index (χ2n) is 9.77. The van der Waals surface area contributed by atoms with Crippen LogP contribution in [0, 0.1) is 10.1 Å². The number of thioether (sulfide) groups is 1. The fraction of sp³-hybridized carbons (Fsp3) is 0.0606. The Morgan fingerprint density at radius 1 is 0.870 bits per heavy atom. The maximum atomic E-state index is 13.3. The zero-order valence-electron chi connectivity index (χ0n) is 24.1. The molecule has 1 aliphatic rings. The average Bonchev–Trinajstić information content (AvgIpc) is 3.44. The number of para-hydroxylation sites is 2. The van der Waals surface area contributed by atoms with E-state index in [0.29, 0.717) is 16.9 Å². The molecule has 0 bridgehead atoms. The molecule has 0 aliphatic carbocycles. The first kappa shape index (κ1) is 31.3. The molecule has 230 valence electrons. The fourth-order valence-electron chi connectivity index (χ4n) is 4.32. The zero-order chi connectivity index (χ0) is 32.5. The number of hydrogen-bond acceptors (Lipinski definition) is 8. The molecule has 0 spiro atoms. The van der Waals surface area contributed by atoms with E-state index in [1.54, 1.807) is 84.9 Å². The van der Waals surface area contributed by atoms with E-state index in [4.69, 9.17) is 0 Å². The second-order valence-corrected chi connectivity index (χ2v) is 10.8. The van der Waals surface area contributed by atoms with E-state index in [1.807, 2.05) is 6.07 Å². The second kappa shape index (κ2) is 14.6. The Bertz CT molecular complexity index is 1850. The molecule has 0 radical (unpaired) electrons. The molecule has 3 N–H and O–H groups in total. The highest BCUT2D eigenvalue weighted by Crippen LogP contribution is 2.23. The molecular formula is C33H26N6O6S. The van der Waals surface area contributed by atoms with Crippen LogP contribution in [0.1, 0.15) is 22.3 Å². The standard InChI is InChI=1S/C33H26N6O6S/c40-30(36-29-20-31(41)38(37-29)25-12-5-2-6-13-25)21-46-26-17-15-24(16-18-26)34-33(43)27(35-32(42)22-9-3-1-4-10-22)19-23-11-7-8-14-28(23)39(44)45/h1-19H,20-21H2,(H,34,43)(H,35,42)(H,36,37,40)/b27-19-. The van der Waals surface area contributed by atoms with E-state index >= 15 is 0 Å². The number of amidine groups is 1. The average molecular weight is 635 g/mol. The number of nitrogens with zero attached hydrogens (tertiary/aromatic N) is 3. The van der Waals surface area contributed by atoms with E-state index in [-0.39, 0.29) is 46.8 Å². The summed E-state index contributed by atoms with van der Waals surface area (Å²) in [6, 6.07) is 29.7. The molecule has 0 saturated heterocycles. The first-order valence-corrected chi connectivity index (χ1v) is 14.9. The topological polar surface area (TPSA) is 163 Å². The summed E-state index contributed by atoms with van der Waals surface area (Å²) in [5, 5.41) is 24.9.